The van der Waals surface area contributed by atoms with E-state index in [0.717, 1.165) is 0 Å². The van der Waals surface area contributed by atoms with Crippen molar-refractivity contribution in [3.05, 3.63) is 0 Å². The molecule has 0 atom stereocenters. The van der Waals surface area contributed by atoms with Gasteiger partial charge in [-0.05, 0) is 28.2 Å². The molecule has 2 heterocycles. The van der Waals surface area contributed by atoms with Crippen LogP contribution in [-0.4, -0.2) is 76.2 Å². The lowest BCUT2D eigenvalue weighted by Crippen LogP contribution is -2.31. The number of likely N-dealkylation sites (N-methyl/N-ethyl adjacent to an activating group) is 2. The van der Waals surface area contributed by atoms with Gasteiger partial charge in [0, 0.05) is 13.1 Å². The summed E-state index contributed by atoms with van der Waals surface area (Å²) in [6, 6.07) is 0. The van der Waals surface area contributed by atoms with Crippen LogP contribution in [0, 0.1) is 0 Å². The van der Waals surface area contributed by atoms with E-state index in [1.54, 1.807) is 0 Å². The average molecular weight is 232 g/mol. The fourth-order valence-corrected chi connectivity index (χ4v) is 1.75. The quantitative estimate of drug-likeness (QED) is 0.651. The minimum absolute atomic E-state index is 0.259. The van der Waals surface area contributed by atoms with E-state index in [9.17, 15) is 0 Å². The summed E-state index contributed by atoms with van der Waals surface area (Å²) in [6.07, 6.45) is -1.28. The largest absolute Gasteiger partial charge is 0.317 e. The van der Waals surface area contributed by atoms with Gasteiger partial charge in [-0.3, -0.25) is 0 Å². The van der Waals surface area contributed by atoms with Gasteiger partial charge in [-0.2, -0.15) is 0 Å². The molecule has 6 nitrogen and oxygen atoms in total. The Labute approximate surface area is 96.0 Å². The van der Waals surface area contributed by atoms with Crippen LogP contribution < -0.4 is 0 Å². The Bertz CT molecular complexity index is 201. The van der Waals surface area contributed by atoms with Gasteiger partial charge in [0.25, 0.3) is 0 Å². The van der Waals surface area contributed by atoms with E-state index in [4.69, 9.17) is 18.9 Å². The molecule has 2 fully saturated rings. The third-order valence-electron chi connectivity index (χ3n) is 2.39. The van der Waals surface area contributed by atoms with Gasteiger partial charge in [0.15, 0.2) is 12.6 Å². The van der Waals surface area contributed by atoms with Gasteiger partial charge in [0.05, 0.1) is 0 Å². The predicted octanol–water partition coefficient (Wildman–Crippen LogP) is -0.492. The van der Waals surface area contributed by atoms with Crippen molar-refractivity contribution in [3.8, 4) is 0 Å². The first-order chi connectivity index (χ1) is 7.54. The summed E-state index contributed by atoms with van der Waals surface area (Å²) in [5.41, 5.74) is 0. The lowest BCUT2D eigenvalue weighted by molar-refractivity contribution is -0.218. The molecule has 0 saturated carbocycles. The minimum atomic E-state index is -0.380. The topological polar surface area (TPSA) is 43.4 Å². The number of nitrogens with zero attached hydrogens (tertiary/aromatic N) is 2. The smallest absolute Gasteiger partial charge is 0.214 e. The number of fused-ring (bicyclic) bond motifs is 1. The lowest BCUT2D eigenvalue weighted by atomic mass is 10.6. The maximum atomic E-state index is 5.58. The van der Waals surface area contributed by atoms with Crippen LogP contribution in [0.25, 0.3) is 0 Å². The lowest BCUT2D eigenvalue weighted by Gasteiger charge is -2.19. The third kappa shape index (κ3) is 2.91. The Morgan fingerprint density at radius 2 is 1.00 bits per heavy atom. The van der Waals surface area contributed by atoms with Crippen molar-refractivity contribution >= 4 is 0 Å². The minimum Gasteiger partial charge on any atom is -0.317 e. The van der Waals surface area contributed by atoms with Crippen LogP contribution in [0.4, 0.5) is 0 Å². The second kappa shape index (κ2) is 4.95. The molecular formula is C10H20N2O4. The Morgan fingerprint density at radius 3 is 1.25 bits per heavy atom. The van der Waals surface area contributed by atoms with Gasteiger partial charge < -0.3 is 28.7 Å². The highest BCUT2D eigenvalue weighted by Crippen LogP contribution is 2.29. The van der Waals surface area contributed by atoms with Crippen LogP contribution >= 0.6 is 0 Å². The average Bonchev–Trinajstić information content (AvgIpc) is 2.58. The Morgan fingerprint density at radius 1 is 0.688 bits per heavy atom. The SMILES string of the molecule is CN(C)CC1OC2OC(CN(C)C)OC2O1. The van der Waals surface area contributed by atoms with Crippen LogP contribution in [0.1, 0.15) is 0 Å². The second-order valence-electron chi connectivity index (χ2n) is 4.66. The van der Waals surface area contributed by atoms with Gasteiger partial charge in [0.1, 0.15) is 0 Å². The van der Waals surface area contributed by atoms with Crippen molar-refractivity contribution in [2.45, 2.75) is 25.2 Å². The van der Waals surface area contributed by atoms with Crippen LogP contribution in [-0.2, 0) is 18.9 Å². The fourth-order valence-electron chi connectivity index (χ4n) is 1.75. The van der Waals surface area contributed by atoms with Gasteiger partial charge >= 0.3 is 0 Å². The molecule has 0 amide bonds. The van der Waals surface area contributed by atoms with Crippen molar-refractivity contribution in [2.24, 2.45) is 0 Å². The summed E-state index contributed by atoms with van der Waals surface area (Å²) in [5.74, 6) is 0. The highest BCUT2D eigenvalue weighted by molar-refractivity contribution is 4.72. The molecule has 0 unspecified atom stereocenters. The number of rotatable bonds is 4. The van der Waals surface area contributed by atoms with Crippen LogP contribution in [0.5, 0.6) is 0 Å². The molecule has 0 aromatic rings. The summed E-state index contributed by atoms with van der Waals surface area (Å²) in [6.45, 7) is 1.41. The van der Waals surface area contributed by atoms with Crippen molar-refractivity contribution in [1.82, 2.24) is 9.80 Å². The Kier molecular flexibility index (Phi) is 3.78. The summed E-state index contributed by atoms with van der Waals surface area (Å²) >= 11 is 0. The Hall–Kier alpha value is -0.240. The van der Waals surface area contributed by atoms with Gasteiger partial charge in [-0.25, -0.2) is 0 Å². The monoisotopic (exact) mass is 232 g/mol. The predicted molar refractivity (Wildman–Crippen MR) is 56.6 cm³/mol. The number of ether oxygens (including phenoxy) is 4. The van der Waals surface area contributed by atoms with E-state index in [2.05, 4.69) is 0 Å². The molecule has 0 radical (unpaired) electrons. The molecule has 0 N–H and O–H groups in total. The van der Waals surface area contributed by atoms with Crippen molar-refractivity contribution in [3.63, 3.8) is 0 Å². The first kappa shape index (κ1) is 12.2. The number of hydrogen-bond acceptors (Lipinski definition) is 6. The van der Waals surface area contributed by atoms with E-state index in [0.29, 0.717) is 13.1 Å². The molecule has 0 aliphatic carbocycles. The van der Waals surface area contributed by atoms with E-state index >= 15 is 0 Å². The summed E-state index contributed by atoms with van der Waals surface area (Å²) in [7, 11) is 7.88. The van der Waals surface area contributed by atoms with Gasteiger partial charge in [-0.15, -0.1) is 0 Å². The Balaban J connectivity index is 1.77. The summed E-state index contributed by atoms with van der Waals surface area (Å²) < 4.78 is 22.3. The fraction of sp³-hybridized carbons (Fsp3) is 1.00. The first-order valence-electron chi connectivity index (χ1n) is 5.46. The van der Waals surface area contributed by atoms with Crippen LogP contribution in [0.3, 0.4) is 0 Å². The molecule has 2 aliphatic rings. The van der Waals surface area contributed by atoms with Crippen molar-refractivity contribution in [2.75, 3.05) is 41.3 Å². The molecule has 6 heteroatoms. The molecule has 0 aromatic heterocycles. The molecule has 0 bridgehead atoms. The molecule has 94 valence electrons. The van der Waals surface area contributed by atoms with Gasteiger partial charge in [-0.1, -0.05) is 0 Å². The number of hydrogen-bond donors (Lipinski definition) is 0. The highest BCUT2D eigenvalue weighted by Gasteiger charge is 2.46. The van der Waals surface area contributed by atoms with Crippen molar-refractivity contribution in [1.29, 1.82) is 0 Å². The molecule has 2 rings (SSSR count). The molecular weight excluding hydrogens is 212 g/mol. The van der Waals surface area contributed by atoms with Crippen LogP contribution in [0.2, 0.25) is 0 Å². The second-order valence-corrected chi connectivity index (χ2v) is 4.66. The standard InChI is InChI=1S/C10H20N2O4/c1-11(2)5-7-13-9-10(14-7)16-8(15-9)6-12(3)4/h7-10H,5-6H2,1-4H3. The normalized spacial score (nSPS) is 38.6. The van der Waals surface area contributed by atoms with E-state index in [1.165, 1.54) is 0 Å². The maximum absolute atomic E-state index is 5.58. The molecule has 0 aromatic carbocycles. The maximum Gasteiger partial charge on any atom is 0.214 e. The van der Waals surface area contributed by atoms with E-state index < -0.39 is 0 Å². The van der Waals surface area contributed by atoms with E-state index in [1.807, 2.05) is 38.0 Å². The zero-order valence-corrected chi connectivity index (χ0v) is 10.3. The summed E-state index contributed by atoms with van der Waals surface area (Å²) in [5, 5.41) is 0. The van der Waals surface area contributed by atoms with Gasteiger partial charge in [0.2, 0.25) is 12.6 Å². The zero-order valence-electron chi connectivity index (χ0n) is 10.3. The van der Waals surface area contributed by atoms with E-state index in [-0.39, 0.29) is 25.2 Å². The summed E-state index contributed by atoms with van der Waals surface area (Å²) in [4.78, 5) is 4.01. The molecule has 0 spiro atoms. The van der Waals surface area contributed by atoms with Crippen LogP contribution in [0.15, 0.2) is 0 Å². The highest BCUT2D eigenvalue weighted by atomic mass is 16.9. The van der Waals surface area contributed by atoms with Crippen molar-refractivity contribution < 1.29 is 18.9 Å². The zero-order chi connectivity index (χ0) is 11.7. The third-order valence-corrected chi connectivity index (χ3v) is 2.39. The molecule has 2 aliphatic heterocycles. The molecule has 16 heavy (non-hydrogen) atoms. The molecule has 2 saturated heterocycles. The first-order valence-corrected chi connectivity index (χ1v) is 5.46.